The third-order valence-electron chi connectivity index (χ3n) is 3.68. The third-order valence-corrected chi connectivity index (χ3v) is 3.93. The van der Waals surface area contributed by atoms with Crippen LogP contribution in [0, 0.1) is 0 Å². The molecule has 1 aromatic carbocycles. The fourth-order valence-electron chi connectivity index (χ4n) is 2.66. The molecule has 1 atom stereocenters. The van der Waals surface area contributed by atoms with Gasteiger partial charge in [0.1, 0.15) is 0 Å². The molecule has 2 heterocycles. The first-order valence-electron chi connectivity index (χ1n) is 6.97. The van der Waals surface area contributed by atoms with E-state index in [4.69, 9.17) is 11.6 Å². The van der Waals surface area contributed by atoms with Gasteiger partial charge in [0.2, 0.25) is 0 Å². The number of carbonyl (C=O) groups excluding carboxylic acids is 1. The van der Waals surface area contributed by atoms with E-state index in [0.717, 1.165) is 30.6 Å². The van der Waals surface area contributed by atoms with Gasteiger partial charge in [0, 0.05) is 29.6 Å². The maximum absolute atomic E-state index is 12.4. The van der Waals surface area contributed by atoms with Gasteiger partial charge in [-0.1, -0.05) is 17.7 Å². The number of hydrogen-bond donors (Lipinski definition) is 1. The Morgan fingerprint density at radius 2 is 2.10 bits per heavy atom. The van der Waals surface area contributed by atoms with E-state index in [1.165, 1.54) is 0 Å². The molecule has 1 unspecified atom stereocenters. The van der Waals surface area contributed by atoms with Gasteiger partial charge in [-0.25, -0.2) is 4.79 Å². The standard InChI is InChI=1S/C16H16ClN3O/c17-13-5-7-14(8-6-13)19-16(21)20-10-2-4-15(20)12-3-1-9-18-11-12/h1,3,5-9,11,15H,2,4,10H2,(H,19,21). The van der Waals surface area contributed by atoms with E-state index >= 15 is 0 Å². The summed E-state index contributed by atoms with van der Waals surface area (Å²) in [6.07, 6.45) is 5.56. The van der Waals surface area contributed by atoms with Crippen molar-refractivity contribution in [1.82, 2.24) is 9.88 Å². The van der Waals surface area contributed by atoms with Crippen molar-refractivity contribution in [2.24, 2.45) is 0 Å². The van der Waals surface area contributed by atoms with E-state index in [1.54, 1.807) is 30.5 Å². The Kier molecular flexibility index (Phi) is 4.06. The second kappa shape index (κ2) is 6.14. The molecule has 1 aromatic heterocycles. The summed E-state index contributed by atoms with van der Waals surface area (Å²) in [6, 6.07) is 11.1. The molecule has 1 aliphatic rings. The Labute approximate surface area is 128 Å². The second-order valence-electron chi connectivity index (χ2n) is 5.07. The van der Waals surface area contributed by atoms with Crippen molar-refractivity contribution in [3.63, 3.8) is 0 Å². The quantitative estimate of drug-likeness (QED) is 0.907. The van der Waals surface area contributed by atoms with Crippen molar-refractivity contribution in [1.29, 1.82) is 0 Å². The molecule has 0 spiro atoms. The Hall–Kier alpha value is -2.07. The number of carbonyl (C=O) groups is 1. The van der Waals surface area contributed by atoms with Gasteiger partial charge in [-0.05, 0) is 48.7 Å². The summed E-state index contributed by atoms with van der Waals surface area (Å²) in [7, 11) is 0. The molecule has 0 saturated carbocycles. The summed E-state index contributed by atoms with van der Waals surface area (Å²) in [6.45, 7) is 0.763. The summed E-state index contributed by atoms with van der Waals surface area (Å²) >= 11 is 5.85. The van der Waals surface area contributed by atoms with E-state index in [-0.39, 0.29) is 12.1 Å². The Morgan fingerprint density at radius 3 is 2.81 bits per heavy atom. The largest absolute Gasteiger partial charge is 0.322 e. The maximum Gasteiger partial charge on any atom is 0.322 e. The number of rotatable bonds is 2. The summed E-state index contributed by atoms with van der Waals surface area (Å²) in [5.41, 5.74) is 1.84. The number of nitrogens with one attached hydrogen (secondary N) is 1. The lowest BCUT2D eigenvalue weighted by Crippen LogP contribution is -2.34. The van der Waals surface area contributed by atoms with Crippen molar-refractivity contribution in [3.8, 4) is 0 Å². The fourth-order valence-corrected chi connectivity index (χ4v) is 2.78. The van der Waals surface area contributed by atoms with Crippen molar-refractivity contribution < 1.29 is 4.79 Å². The highest BCUT2D eigenvalue weighted by Gasteiger charge is 2.30. The molecule has 1 fully saturated rings. The van der Waals surface area contributed by atoms with Crippen molar-refractivity contribution >= 4 is 23.3 Å². The predicted molar refractivity (Wildman–Crippen MR) is 83.4 cm³/mol. The molecule has 21 heavy (non-hydrogen) atoms. The van der Waals surface area contributed by atoms with E-state index in [0.29, 0.717) is 5.02 Å². The molecular weight excluding hydrogens is 286 g/mol. The molecule has 1 aliphatic heterocycles. The molecule has 3 rings (SSSR count). The normalized spacial score (nSPS) is 17.8. The van der Waals surface area contributed by atoms with Crippen LogP contribution in [0.25, 0.3) is 0 Å². The summed E-state index contributed by atoms with van der Waals surface area (Å²) in [5, 5.41) is 3.57. The Balaban J connectivity index is 1.73. The van der Waals surface area contributed by atoms with Gasteiger partial charge in [-0.15, -0.1) is 0 Å². The fraction of sp³-hybridized carbons (Fsp3) is 0.250. The second-order valence-corrected chi connectivity index (χ2v) is 5.51. The van der Waals surface area contributed by atoms with Crippen LogP contribution in [0.15, 0.2) is 48.8 Å². The number of pyridine rings is 1. The number of anilines is 1. The number of hydrogen-bond acceptors (Lipinski definition) is 2. The van der Waals surface area contributed by atoms with Crippen LogP contribution >= 0.6 is 11.6 Å². The van der Waals surface area contributed by atoms with E-state index < -0.39 is 0 Å². The van der Waals surface area contributed by atoms with Crippen LogP contribution in [0.1, 0.15) is 24.4 Å². The molecule has 2 aromatic rings. The highest BCUT2D eigenvalue weighted by atomic mass is 35.5. The monoisotopic (exact) mass is 301 g/mol. The minimum atomic E-state index is -0.0799. The highest BCUT2D eigenvalue weighted by molar-refractivity contribution is 6.30. The maximum atomic E-state index is 12.4. The lowest BCUT2D eigenvalue weighted by Gasteiger charge is -2.25. The van der Waals surface area contributed by atoms with E-state index in [1.807, 2.05) is 23.2 Å². The molecule has 1 saturated heterocycles. The third kappa shape index (κ3) is 3.16. The lowest BCUT2D eigenvalue weighted by molar-refractivity contribution is 0.207. The molecular formula is C16H16ClN3O. The molecule has 5 heteroatoms. The summed E-state index contributed by atoms with van der Waals surface area (Å²) in [5.74, 6) is 0. The number of likely N-dealkylation sites (tertiary alicyclic amines) is 1. The Morgan fingerprint density at radius 1 is 1.29 bits per heavy atom. The van der Waals surface area contributed by atoms with Crippen molar-refractivity contribution in [2.75, 3.05) is 11.9 Å². The van der Waals surface area contributed by atoms with E-state index in [9.17, 15) is 4.79 Å². The van der Waals surface area contributed by atoms with Crippen LogP contribution in [-0.4, -0.2) is 22.5 Å². The molecule has 0 aliphatic carbocycles. The topological polar surface area (TPSA) is 45.2 Å². The smallest absolute Gasteiger partial charge is 0.317 e. The van der Waals surface area contributed by atoms with Gasteiger partial charge in [-0.2, -0.15) is 0 Å². The number of benzene rings is 1. The average Bonchev–Trinajstić information content (AvgIpc) is 3.00. The molecule has 2 amide bonds. The first kappa shape index (κ1) is 13.9. The van der Waals surface area contributed by atoms with Gasteiger partial charge >= 0.3 is 6.03 Å². The van der Waals surface area contributed by atoms with Crippen LogP contribution in [0.4, 0.5) is 10.5 Å². The van der Waals surface area contributed by atoms with Crippen LogP contribution in [0.5, 0.6) is 0 Å². The molecule has 1 N–H and O–H groups in total. The van der Waals surface area contributed by atoms with Crippen LogP contribution in [-0.2, 0) is 0 Å². The summed E-state index contributed by atoms with van der Waals surface area (Å²) < 4.78 is 0. The van der Waals surface area contributed by atoms with Gasteiger partial charge in [0.05, 0.1) is 6.04 Å². The average molecular weight is 302 g/mol. The first-order valence-corrected chi connectivity index (χ1v) is 7.35. The number of aromatic nitrogens is 1. The number of urea groups is 1. The van der Waals surface area contributed by atoms with Gasteiger partial charge in [0.15, 0.2) is 0 Å². The summed E-state index contributed by atoms with van der Waals surface area (Å²) in [4.78, 5) is 18.5. The Bertz CT molecular complexity index is 615. The van der Waals surface area contributed by atoms with Gasteiger partial charge < -0.3 is 10.2 Å². The zero-order valence-electron chi connectivity index (χ0n) is 11.5. The lowest BCUT2D eigenvalue weighted by atomic mass is 10.1. The zero-order valence-corrected chi connectivity index (χ0v) is 12.3. The molecule has 4 nitrogen and oxygen atoms in total. The van der Waals surface area contributed by atoms with Crippen molar-refractivity contribution in [2.45, 2.75) is 18.9 Å². The highest BCUT2D eigenvalue weighted by Crippen LogP contribution is 2.31. The van der Waals surface area contributed by atoms with Crippen LogP contribution in [0.3, 0.4) is 0 Å². The zero-order chi connectivity index (χ0) is 14.7. The van der Waals surface area contributed by atoms with Gasteiger partial charge in [-0.3, -0.25) is 4.98 Å². The minimum absolute atomic E-state index is 0.0799. The number of amides is 2. The molecule has 0 bridgehead atoms. The number of nitrogens with zero attached hydrogens (tertiary/aromatic N) is 2. The predicted octanol–water partition coefficient (Wildman–Crippen LogP) is 4.10. The SMILES string of the molecule is O=C(Nc1ccc(Cl)cc1)N1CCCC1c1cccnc1. The first-order chi connectivity index (χ1) is 10.2. The van der Waals surface area contributed by atoms with Gasteiger partial charge in [0.25, 0.3) is 0 Å². The van der Waals surface area contributed by atoms with Crippen molar-refractivity contribution in [3.05, 3.63) is 59.4 Å². The molecule has 0 radical (unpaired) electrons. The minimum Gasteiger partial charge on any atom is -0.317 e. The number of halogens is 1. The van der Waals surface area contributed by atoms with Crippen LogP contribution < -0.4 is 5.32 Å². The molecule has 108 valence electrons. The van der Waals surface area contributed by atoms with E-state index in [2.05, 4.69) is 10.3 Å². The van der Waals surface area contributed by atoms with Crippen LogP contribution in [0.2, 0.25) is 5.02 Å².